The summed E-state index contributed by atoms with van der Waals surface area (Å²) in [5, 5.41) is 12.2. The van der Waals surface area contributed by atoms with Gasteiger partial charge in [0.2, 0.25) is 5.91 Å². The van der Waals surface area contributed by atoms with Crippen LogP contribution in [-0.4, -0.2) is 64.9 Å². The van der Waals surface area contributed by atoms with E-state index in [1.165, 1.54) is 29.2 Å². The van der Waals surface area contributed by atoms with Crippen LogP contribution in [0.15, 0.2) is 79.0 Å². The van der Waals surface area contributed by atoms with Crippen molar-refractivity contribution < 1.29 is 19.2 Å². The Bertz CT molecular complexity index is 1450. The second-order valence-electron chi connectivity index (χ2n) is 9.79. The molecule has 0 unspecified atom stereocenters. The summed E-state index contributed by atoms with van der Waals surface area (Å²) in [6.07, 6.45) is 3.19. The fourth-order valence-corrected chi connectivity index (χ4v) is 4.62. The number of H-pyrrole nitrogens is 1. The Hall–Kier alpha value is -4.50. The molecule has 0 aliphatic heterocycles. The summed E-state index contributed by atoms with van der Waals surface area (Å²) in [4.78, 5) is 44.3. The molecule has 9 heteroatoms. The molecule has 0 atom stereocenters. The summed E-state index contributed by atoms with van der Waals surface area (Å²) >= 11 is 0. The standard InChI is InChI=1S/C31H34N4O5/c1-23-8-10-24(11-9-23)21-33(18-16-26-20-32-29-7-4-3-6-28(26)29)30(36)22-34(17-5-19-40-2)31(37)25-12-14-27(15-13-25)35(38)39/h3-4,6-15,20,32H,5,16-19,21-22H2,1-2H3. The Morgan fingerprint density at radius 2 is 1.68 bits per heavy atom. The first-order valence-corrected chi connectivity index (χ1v) is 13.3. The van der Waals surface area contributed by atoms with Crippen molar-refractivity contribution in [1.29, 1.82) is 0 Å². The molecule has 0 bridgehead atoms. The summed E-state index contributed by atoms with van der Waals surface area (Å²) in [5.74, 6) is -0.528. The molecule has 0 spiro atoms. The first-order chi connectivity index (χ1) is 19.4. The number of para-hydroxylation sites is 1. The smallest absolute Gasteiger partial charge is 0.269 e. The topological polar surface area (TPSA) is 109 Å². The zero-order chi connectivity index (χ0) is 28.5. The van der Waals surface area contributed by atoms with E-state index < -0.39 is 4.92 Å². The van der Waals surface area contributed by atoms with Crippen LogP contribution in [0, 0.1) is 17.0 Å². The van der Waals surface area contributed by atoms with Crippen molar-refractivity contribution in [2.24, 2.45) is 0 Å². The summed E-state index contributed by atoms with van der Waals surface area (Å²) in [5.41, 5.74) is 4.51. The van der Waals surface area contributed by atoms with Crippen LogP contribution < -0.4 is 0 Å². The highest BCUT2D eigenvalue weighted by Gasteiger charge is 2.23. The number of nitro groups is 1. The van der Waals surface area contributed by atoms with Crippen molar-refractivity contribution in [2.45, 2.75) is 26.3 Å². The first kappa shape index (κ1) is 28.5. The highest BCUT2D eigenvalue weighted by atomic mass is 16.6. The van der Waals surface area contributed by atoms with Gasteiger partial charge in [0.25, 0.3) is 11.6 Å². The highest BCUT2D eigenvalue weighted by Crippen LogP contribution is 2.20. The van der Waals surface area contributed by atoms with E-state index in [4.69, 9.17) is 4.74 Å². The van der Waals surface area contributed by atoms with E-state index in [0.717, 1.165) is 27.6 Å². The normalized spacial score (nSPS) is 10.9. The molecule has 3 aromatic carbocycles. The van der Waals surface area contributed by atoms with Gasteiger partial charge in [-0.25, -0.2) is 0 Å². The van der Waals surface area contributed by atoms with Crippen LogP contribution in [0.1, 0.15) is 33.5 Å². The summed E-state index contributed by atoms with van der Waals surface area (Å²) < 4.78 is 5.16. The van der Waals surface area contributed by atoms with Gasteiger partial charge in [-0.2, -0.15) is 0 Å². The number of hydrogen-bond acceptors (Lipinski definition) is 5. The van der Waals surface area contributed by atoms with Gasteiger partial charge < -0.3 is 19.5 Å². The quantitative estimate of drug-likeness (QED) is 0.143. The molecule has 0 saturated heterocycles. The molecule has 4 aromatic rings. The van der Waals surface area contributed by atoms with E-state index in [2.05, 4.69) is 11.1 Å². The minimum absolute atomic E-state index is 0.0971. The third-order valence-corrected chi connectivity index (χ3v) is 6.89. The van der Waals surface area contributed by atoms with Gasteiger partial charge in [-0.15, -0.1) is 0 Å². The van der Waals surface area contributed by atoms with Gasteiger partial charge >= 0.3 is 0 Å². The minimum atomic E-state index is -0.509. The Balaban J connectivity index is 1.54. The van der Waals surface area contributed by atoms with E-state index in [-0.39, 0.29) is 24.0 Å². The molecule has 9 nitrogen and oxygen atoms in total. The number of carbonyl (C=O) groups excluding carboxylic acids is 2. The predicted molar refractivity (Wildman–Crippen MR) is 154 cm³/mol. The fraction of sp³-hybridized carbons (Fsp3) is 0.290. The molecule has 0 aliphatic rings. The van der Waals surface area contributed by atoms with Gasteiger partial charge in [0.15, 0.2) is 0 Å². The molecule has 2 amide bonds. The Morgan fingerprint density at radius 1 is 0.950 bits per heavy atom. The number of non-ortho nitro benzene ring substituents is 1. The molecule has 0 radical (unpaired) electrons. The molecule has 1 N–H and O–H groups in total. The van der Waals surface area contributed by atoms with Gasteiger partial charge in [0.05, 0.1) is 4.92 Å². The fourth-order valence-electron chi connectivity index (χ4n) is 4.62. The van der Waals surface area contributed by atoms with E-state index in [0.29, 0.717) is 44.6 Å². The number of aromatic amines is 1. The molecule has 0 saturated carbocycles. The number of rotatable bonds is 13. The molecule has 0 fully saturated rings. The highest BCUT2D eigenvalue weighted by molar-refractivity contribution is 5.96. The van der Waals surface area contributed by atoms with E-state index >= 15 is 0 Å². The van der Waals surface area contributed by atoms with Crippen LogP contribution in [0.5, 0.6) is 0 Å². The monoisotopic (exact) mass is 542 g/mol. The zero-order valence-electron chi connectivity index (χ0n) is 22.8. The second kappa shape index (κ2) is 13.5. The van der Waals surface area contributed by atoms with E-state index in [1.54, 1.807) is 12.0 Å². The minimum Gasteiger partial charge on any atom is -0.385 e. The molecular formula is C31H34N4O5. The third-order valence-electron chi connectivity index (χ3n) is 6.89. The number of ether oxygens (including phenoxy) is 1. The van der Waals surface area contributed by atoms with Gasteiger partial charge in [0, 0.05) is 68.1 Å². The van der Waals surface area contributed by atoms with Crippen molar-refractivity contribution in [3.8, 4) is 0 Å². The van der Waals surface area contributed by atoms with Crippen molar-refractivity contribution in [2.75, 3.05) is 33.4 Å². The average molecular weight is 543 g/mol. The zero-order valence-corrected chi connectivity index (χ0v) is 22.8. The molecule has 0 aliphatic carbocycles. The Morgan fingerprint density at radius 3 is 2.38 bits per heavy atom. The lowest BCUT2D eigenvalue weighted by Crippen LogP contribution is -2.44. The average Bonchev–Trinajstić information content (AvgIpc) is 3.38. The van der Waals surface area contributed by atoms with Gasteiger partial charge in [-0.05, 0) is 49.1 Å². The molecule has 40 heavy (non-hydrogen) atoms. The molecule has 1 heterocycles. The number of benzene rings is 3. The van der Waals surface area contributed by atoms with Crippen molar-refractivity contribution in [3.63, 3.8) is 0 Å². The molecular weight excluding hydrogens is 508 g/mol. The van der Waals surface area contributed by atoms with Crippen molar-refractivity contribution >= 4 is 28.4 Å². The Kier molecular flexibility index (Phi) is 9.64. The SMILES string of the molecule is COCCCN(CC(=O)N(CCc1c[nH]c2ccccc12)Cc1ccc(C)cc1)C(=O)c1ccc([N+](=O)[O-])cc1. The molecule has 4 rings (SSSR count). The maximum Gasteiger partial charge on any atom is 0.269 e. The maximum atomic E-state index is 13.8. The number of methoxy groups -OCH3 is 1. The van der Waals surface area contributed by atoms with Crippen molar-refractivity contribution in [1.82, 2.24) is 14.8 Å². The number of carbonyl (C=O) groups is 2. The molecule has 208 valence electrons. The summed E-state index contributed by atoms with van der Waals surface area (Å²) in [6.45, 7) is 3.55. The van der Waals surface area contributed by atoms with Crippen LogP contribution >= 0.6 is 0 Å². The number of nitro benzene ring substituents is 1. The van der Waals surface area contributed by atoms with Crippen LogP contribution in [0.2, 0.25) is 0 Å². The van der Waals surface area contributed by atoms with Crippen LogP contribution in [0.4, 0.5) is 5.69 Å². The maximum absolute atomic E-state index is 13.8. The number of fused-ring (bicyclic) bond motifs is 1. The number of nitrogens with one attached hydrogen (secondary N) is 1. The number of hydrogen-bond donors (Lipinski definition) is 1. The third kappa shape index (κ3) is 7.33. The van der Waals surface area contributed by atoms with Crippen LogP contribution in [0.3, 0.4) is 0 Å². The number of amides is 2. The largest absolute Gasteiger partial charge is 0.385 e. The van der Waals surface area contributed by atoms with Gasteiger partial charge in [0.1, 0.15) is 6.54 Å². The number of aromatic nitrogens is 1. The first-order valence-electron chi connectivity index (χ1n) is 13.3. The van der Waals surface area contributed by atoms with Gasteiger partial charge in [-0.1, -0.05) is 48.0 Å². The van der Waals surface area contributed by atoms with Crippen molar-refractivity contribution in [3.05, 3.63) is 111 Å². The summed E-state index contributed by atoms with van der Waals surface area (Å²) in [7, 11) is 1.58. The van der Waals surface area contributed by atoms with Crippen LogP contribution in [0.25, 0.3) is 10.9 Å². The number of aryl methyl sites for hydroxylation is 1. The van der Waals surface area contributed by atoms with E-state index in [1.807, 2.05) is 55.6 Å². The predicted octanol–water partition coefficient (Wildman–Crippen LogP) is 5.13. The summed E-state index contributed by atoms with van der Waals surface area (Å²) in [6, 6.07) is 21.6. The lowest BCUT2D eigenvalue weighted by molar-refractivity contribution is -0.384. The Labute approximate surface area is 233 Å². The van der Waals surface area contributed by atoms with E-state index in [9.17, 15) is 19.7 Å². The second-order valence-corrected chi connectivity index (χ2v) is 9.79. The van der Waals surface area contributed by atoms with Crippen LogP contribution in [-0.2, 0) is 22.5 Å². The molecule has 1 aromatic heterocycles. The lowest BCUT2D eigenvalue weighted by Gasteiger charge is -2.28. The van der Waals surface area contributed by atoms with Gasteiger partial charge in [-0.3, -0.25) is 19.7 Å². The lowest BCUT2D eigenvalue weighted by atomic mass is 10.1. The number of nitrogens with zero attached hydrogens (tertiary/aromatic N) is 3.